The molecule has 0 aliphatic heterocycles. The number of carbonyl (C=O) groups excluding carboxylic acids is 1. The summed E-state index contributed by atoms with van der Waals surface area (Å²) in [6.45, 7) is 0. The standard InChI is InChI=1S/C22H14ClN3O3/c23-20-6-1-14(11-22(28)26-17-2-4-18(27)5-3-17)10-21(20)29-19-8-15(12-24)7-16(9-19)13-25/h1-10,27H,11H2,(H,26,28). The van der Waals surface area contributed by atoms with E-state index in [0.717, 1.165) is 0 Å². The Hall–Kier alpha value is -4.00. The Bertz CT molecular complexity index is 1110. The van der Waals surface area contributed by atoms with Gasteiger partial charge in [-0.3, -0.25) is 4.79 Å². The minimum atomic E-state index is -0.248. The van der Waals surface area contributed by atoms with Crippen LogP contribution in [0.15, 0.2) is 60.7 Å². The second kappa shape index (κ2) is 8.79. The first-order chi connectivity index (χ1) is 14.0. The molecule has 0 saturated carbocycles. The van der Waals surface area contributed by atoms with Gasteiger partial charge in [-0.1, -0.05) is 17.7 Å². The molecule has 0 aliphatic carbocycles. The van der Waals surface area contributed by atoms with Crippen molar-refractivity contribution in [1.82, 2.24) is 0 Å². The SMILES string of the molecule is N#Cc1cc(C#N)cc(Oc2cc(CC(=O)Nc3ccc(O)cc3)ccc2Cl)c1. The molecule has 0 radical (unpaired) electrons. The van der Waals surface area contributed by atoms with Gasteiger partial charge in [-0.2, -0.15) is 10.5 Å². The molecule has 7 heteroatoms. The van der Waals surface area contributed by atoms with Crippen molar-refractivity contribution in [3.8, 4) is 29.4 Å². The van der Waals surface area contributed by atoms with E-state index in [0.29, 0.717) is 38.9 Å². The average molecular weight is 404 g/mol. The van der Waals surface area contributed by atoms with E-state index in [1.165, 1.54) is 30.3 Å². The fourth-order valence-electron chi connectivity index (χ4n) is 2.59. The topological polar surface area (TPSA) is 106 Å². The van der Waals surface area contributed by atoms with Crippen LogP contribution in [0.5, 0.6) is 17.2 Å². The quantitative estimate of drug-likeness (QED) is 0.597. The lowest BCUT2D eigenvalue weighted by Gasteiger charge is -2.11. The number of hydrogen-bond donors (Lipinski definition) is 2. The fourth-order valence-corrected chi connectivity index (χ4v) is 2.74. The number of benzene rings is 3. The monoisotopic (exact) mass is 403 g/mol. The average Bonchev–Trinajstić information content (AvgIpc) is 2.72. The third kappa shape index (κ3) is 5.26. The van der Waals surface area contributed by atoms with Gasteiger partial charge in [0.15, 0.2) is 0 Å². The predicted molar refractivity (Wildman–Crippen MR) is 108 cm³/mol. The fraction of sp³-hybridized carbons (Fsp3) is 0.0455. The number of carbonyl (C=O) groups is 1. The van der Waals surface area contributed by atoms with Crippen LogP contribution in [0.3, 0.4) is 0 Å². The lowest BCUT2D eigenvalue weighted by Crippen LogP contribution is -2.14. The number of phenols is 1. The maximum absolute atomic E-state index is 12.3. The van der Waals surface area contributed by atoms with Crippen molar-refractivity contribution in [3.63, 3.8) is 0 Å². The first-order valence-corrected chi connectivity index (χ1v) is 8.85. The van der Waals surface area contributed by atoms with Gasteiger partial charge >= 0.3 is 0 Å². The number of phenolic OH excluding ortho intramolecular Hbond substituents is 1. The zero-order chi connectivity index (χ0) is 20.8. The van der Waals surface area contributed by atoms with Crippen LogP contribution in [0.2, 0.25) is 5.02 Å². The van der Waals surface area contributed by atoms with Gasteiger partial charge < -0.3 is 15.2 Å². The number of nitrogens with one attached hydrogen (secondary N) is 1. The van der Waals surface area contributed by atoms with Gasteiger partial charge in [-0.05, 0) is 60.2 Å². The molecule has 6 nitrogen and oxygen atoms in total. The third-order valence-electron chi connectivity index (χ3n) is 3.90. The normalized spacial score (nSPS) is 9.90. The van der Waals surface area contributed by atoms with E-state index in [9.17, 15) is 9.90 Å². The van der Waals surface area contributed by atoms with Crippen LogP contribution in [0.4, 0.5) is 5.69 Å². The van der Waals surface area contributed by atoms with Gasteiger partial charge in [-0.25, -0.2) is 0 Å². The van der Waals surface area contributed by atoms with E-state index in [2.05, 4.69) is 5.32 Å². The highest BCUT2D eigenvalue weighted by Crippen LogP contribution is 2.31. The molecule has 0 aliphatic rings. The maximum Gasteiger partial charge on any atom is 0.228 e. The maximum atomic E-state index is 12.3. The molecule has 3 aromatic rings. The molecule has 0 fully saturated rings. The zero-order valence-electron chi connectivity index (χ0n) is 15.0. The molecule has 0 bridgehead atoms. The van der Waals surface area contributed by atoms with Gasteiger partial charge in [0.05, 0.1) is 34.7 Å². The Labute approximate surface area is 172 Å². The van der Waals surface area contributed by atoms with Crippen molar-refractivity contribution in [2.45, 2.75) is 6.42 Å². The zero-order valence-corrected chi connectivity index (χ0v) is 15.8. The predicted octanol–water partition coefficient (Wildman–Crippen LogP) is 4.76. The van der Waals surface area contributed by atoms with Crippen LogP contribution >= 0.6 is 11.6 Å². The van der Waals surface area contributed by atoms with Crippen molar-refractivity contribution in [2.75, 3.05) is 5.32 Å². The lowest BCUT2D eigenvalue weighted by atomic mass is 10.1. The molecule has 1 amide bonds. The summed E-state index contributed by atoms with van der Waals surface area (Å²) in [7, 11) is 0. The number of halogens is 1. The van der Waals surface area contributed by atoms with Crippen LogP contribution < -0.4 is 10.1 Å². The molecule has 0 aromatic heterocycles. The number of hydrogen-bond acceptors (Lipinski definition) is 5. The van der Waals surface area contributed by atoms with Crippen LogP contribution in [0.1, 0.15) is 16.7 Å². The molecule has 142 valence electrons. The second-order valence-electron chi connectivity index (χ2n) is 6.11. The summed E-state index contributed by atoms with van der Waals surface area (Å²) in [6.07, 6.45) is 0.0795. The van der Waals surface area contributed by atoms with E-state index >= 15 is 0 Å². The van der Waals surface area contributed by atoms with E-state index in [1.54, 1.807) is 30.3 Å². The summed E-state index contributed by atoms with van der Waals surface area (Å²) < 4.78 is 5.75. The summed E-state index contributed by atoms with van der Waals surface area (Å²) >= 11 is 6.20. The highest BCUT2D eigenvalue weighted by Gasteiger charge is 2.10. The Morgan fingerprint density at radius 3 is 2.28 bits per heavy atom. The molecule has 2 N–H and O–H groups in total. The summed E-state index contributed by atoms with van der Waals surface area (Å²) in [5, 5.41) is 30.5. The summed E-state index contributed by atoms with van der Waals surface area (Å²) in [5.41, 5.74) is 1.81. The Kier molecular flexibility index (Phi) is 5.99. The highest BCUT2D eigenvalue weighted by atomic mass is 35.5. The molecule has 0 unspecified atom stereocenters. The van der Waals surface area contributed by atoms with Gasteiger partial charge in [0, 0.05) is 5.69 Å². The largest absolute Gasteiger partial charge is 0.508 e. The van der Waals surface area contributed by atoms with E-state index in [1.807, 2.05) is 12.1 Å². The lowest BCUT2D eigenvalue weighted by molar-refractivity contribution is -0.115. The van der Waals surface area contributed by atoms with Gasteiger partial charge in [0.25, 0.3) is 0 Å². The number of amides is 1. The van der Waals surface area contributed by atoms with E-state index in [4.69, 9.17) is 26.9 Å². The molecule has 0 spiro atoms. The molecule has 3 aromatic carbocycles. The Morgan fingerprint density at radius 2 is 1.66 bits per heavy atom. The summed E-state index contributed by atoms with van der Waals surface area (Å²) in [6, 6.07) is 19.5. The summed E-state index contributed by atoms with van der Waals surface area (Å²) in [5.74, 6) is 0.471. The van der Waals surface area contributed by atoms with Crippen molar-refractivity contribution < 1.29 is 14.6 Å². The third-order valence-corrected chi connectivity index (χ3v) is 4.22. The van der Waals surface area contributed by atoms with Gasteiger partial charge in [0.1, 0.15) is 17.2 Å². The smallest absolute Gasteiger partial charge is 0.228 e. The highest BCUT2D eigenvalue weighted by molar-refractivity contribution is 6.32. The molecular formula is C22H14ClN3O3. The molecule has 29 heavy (non-hydrogen) atoms. The first kappa shape index (κ1) is 19.8. The number of nitriles is 2. The van der Waals surface area contributed by atoms with Gasteiger partial charge in [0.2, 0.25) is 5.91 Å². The van der Waals surface area contributed by atoms with E-state index in [-0.39, 0.29) is 18.1 Å². The van der Waals surface area contributed by atoms with Crippen LogP contribution in [0.25, 0.3) is 0 Å². The first-order valence-electron chi connectivity index (χ1n) is 8.47. The number of rotatable bonds is 5. The number of nitrogens with zero attached hydrogens (tertiary/aromatic N) is 2. The van der Waals surface area contributed by atoms with Crippen molar-refractivity contribution in [1.29, 1.82) is 10.5 Å². The molecule has 0 atom stereocenters. The van der Waals surface area contributed by atoms with Crippen molar-refractivity contribution in [3.05, 3.63) is 82.4 Å². The van der Waals surface area contributed by atoms with E-state index < -0.39 is 0 Å². The summed E-state index contributed by atoms with van der Waals surface area (Å²) in [4.78, 5) is 12.3. The molecular weight excluding hydrogens is 390 g/mol. The van der Waals surface area contributed by atoms with Crippen molar-refractivity contribution in [2.24, 2.45) is 0 Å². The minimum Gasteiger partial charge on any atom is -0.508 e. The number of aromatic hydroxyl groups is 1. The molecule has 3 rings (SSSR count). The molecule has 0 saturated heterocycles. The van der Waals surface area contributed by atoms with Crippen molar-refractivity contribution >= 4 is 23.2 Å². The second-order valence-corrected chi connectivity index (χ2v) is 6.52. The van der Waals surface area contributed by atoms with Crippen LogP contribution in [-0.4, -0.2) is 11.0 Å². The van der Waals surface area contributed by atoms with Crippen LogP contribution in [0, 0.1) is 22.7 Å². The van der Waals surface area contributed by atoms with Crippen LogP contribution in [-0.2, 0) is 11.2 Å². The van der Waals surface area contributed by atoms with Gasteiger partial charge in [-0.15, -0.1) is 0 Å². The Morgan fingerprint density at radius 1 is 1.00 bits per heavy atom. The molecule has 0 heterocycles. The number of ether oxygens (including phenoxy) is 1. The Balaban J connectivity index is 1.76. The minimum absolute atomic E-state index is 0.0795. The number of anilines is 1.